The van der Waals surface area contributed by atoms with E-state index in [4.69, 9.17) is 9.47 Å². The molecule has 0 atom stereocenters. The van der Waals surface area contributed by atoms with Gasteiger partial charge in [0.2, 0.25) is 6.79 Å². The van der Waals surface area contributed by atoms with Crippen molar-refractivity contribution in [2.45, 2.75) is 13.3 Å². The van der Waals surface area contributed by atoms with Crippen LogP contribution in [0.5, 0.6) is 11.5 Å². The van der Waals surface area contributed by atoms with Crippen molar-refractivity contribution in [3.05, 3.63) is 35.5 Å². The number of likely N-dealkylation sites (N-methyl/N-ethyl adjacent to an activating group) is 1. The smallest absolute Gasteiger partial charge is 0.269 e. The second kappa shape index (κ2) is 6.05. The Kier molecular flexibility index (Phi) is 3.96. The van der Waals surface area contributed by atoms with Crippen molar-refractivity contribution in [3.8, 4) is 11.5 Å². The van der Waals surface area contributed by atoms with E-state index in [0.717, 1.165) is 31.8 Å². The molecular weight excluding hydrogens is 270 g/mol. The number of ether oxygens (including phenoxy) is 2. The van der Waals surface area contributed by atoms with Crippen molar-refractivity contribution in [1.29, 1.82) is 0 Å². The van der Waals surface area contributed by atoms with E-state index in [1.54, 1.807) is 18.2 Å². The van der Waals surface area contributed by atoms with Gasteiger partial charge in [0.15, 0.2) is 11.5 Å². The standard InChI is InChI=1S/C15H19N3O3/c1-2-18-7-5-12(6-8-18)16-17-15(19)11-3-4-13-14(9-11)21-10-20-13/h3-5,9,16H,2,6-8,10H2,1H3,(H,17,19). The van der Waals surface area contributed by atoms with Gasteiger partial charge in [0.25, 0.3) is 5.91 Å². The summed E-state index contributed by atoms with van der Waals surface area (Å²) in [6.45, 7) is 5.33. The van der Waals surface area contributed by atoms with Gasteiger partial charge in [-0.25, -0.2) is 0 Å². The fourth-order valence-electron chi connectivity index (χ4n) is 2.36. The molecule has 0 aromatic heterocycles. The number of hydrogen-bond donors (Lipinski definition) is 2. The van der Waals surface area contributed by atoms with Crippen molar-refractivity contribution >= 4 is 5.91 Å². The first-order valence-corrected chi connectivity index (χ1v) is 7.13. The van der Waals surface area contributed by atoms with Crippen molar-refractivity contribution in [2.24, 2.45) is 0 Å². The molecule has 1 aromatic carbocycles. The minimum Gasteiger partial charge on any atom is -0.454 e. The number of carbonyl (C=O) groups is 1. The van der Waals surface area contributed by atoms with Crippen LogP contribution in [0.25, 0.3) is 0 Å². The van der Waals surface area contributed by atoms with Gasteiger partial charge in [0.1, 0.15) is 0 Å². The van der Waals surface area contributed by atoms with Gasteiger partial charge in [0, 0.05) is 30.8 Å². The van der Waals surface area contributed by atoms with Crippen LogP contribution in [-0.2, 0) is 0 Å². The van der Waals surface area contributed by atoms with Crippen LogP contribution in [0.3, 0.4) is 0 Å². The van der Waals surface area contributed by atoms with Crippen LogP contribution >= 0.6 is 0 Å². The van der Waals surface area contributed by atoms with Crippen molar-refractivity contribution in [3.63, 3.8) is 0 Å². The molecule has 0 fully saturated rings. The number of benzene rings is 1. The fraction of sp³-hybridized carbons (Fsp3) is 0.400. The summed E-state index contributed by atoms with van der Waals surface area (Å²) in [7, 11) is 0. The Morgan fingerprint density at radius 3 is 2.95 bits per heavy atom. The molecule has 1 amide bonds. The van der Waals surface area contributed by atoms with Crippen LogP contribution in [0.1, 0.15) is 23.7 Å². The molecule has 0 saturated carbocycles. The zero-order chi connectivity index (χ0) is 14.7. The molecule has 6 nitrogen and oxygen atoms in total. The van der Waals surface area contributed by atoms with Gasteiger partial charge in [0.05, 0.1) is 0 Å². The Bertz CT molecular complexity index is 571. The molecule has 2 aliphatic rings. The molecule has 2 N–H and O–H groups in total. The van der Waals surface area contributed by atoms with Crippen LogP contribution in [0.4, 0.5) is 0 Å². The van der Waals surface area contributed by atoms with Gasteiger partial charge in [-0.15, -0.1) is 0 Å². The third kappa shape index (κ3) is 3.11. The number of amides is 1. The number of carbonyl (C=O) groups excluding carboxylic acids is 1. The summed E-state index contributed by atoms with van der Waals surface area (Å²) in [5.74, 6) is 1.10. The minimum atomic E-state index is -0.188. The predicted molar refractivity (Wildman–Crippen MR) is 78.0 cm³/mol. The quantitative estimate of drug-likeness (QED) is 0.817. The maximum atomic E-state index is 12.1. The molecule has 0 unspecified atom stereocenters. The van der Waals surface area contributed by atoms with Gasteiger partial charge in [-0.05, 0) is 30.8 Å². The van der Waals surface area contributed by atoms with Crippen molar-refractivity contribution in [1.82, 2.24) is 15.8 Å². The lowest BCUT2D eigenvalue weighted by Gasteiger charge is -2.25. The molecule has 2 aliphatic heterocycles. The molecule has 112 valence electrons. The Hall–Kier alpha value is -2.21. The number of hydrogen-bond acceptors (Lipinski definition) is 5. The number of nitrogens with one attached hydrogen (secondary N) is 2. The summed E-state index contributed by atoms with van der Waals surface area (Å²) in [6.07, 6.45) is 3.02. The molecule has 0 saturated heterocycles. The van der Waals surface area contributed by atoms with Crippen molar-refractivity contribution < 1.29 is 14.3 Å². The molecular formula is C15H19N3O3. The monoisotopic (exact) mass is 289 g/mol. The van der Waals surface area contributed by atoms with E-state index >= 15 is 0 Å². The summed E-state index contributed by atoms with van der Waals surface area (Å²) >= 11 is 0. The first kappa shape index (κ1) is 13.8. The van der Waals surface area contributed by atoms with E-state index < -0.39 is 0 Å². The first-order valence-electron chi connectivity index (χ1n) is 7.13. The fourth-order valence-corrected chi connectivity index (χ4v) is 2.36. The van der Waals surface area contributed by atoms with Crippen LogP contribution in [0.15, 0.2) is 30.0 Å². The summed E-state index contributed by atoms with van der Waals surface area (Å²) in [6, 6.07) is 5.16. The van der Waals surface area contributed by atoms with Crippen LogP contribution in [-0.4, -0.2) is 37.2 Å². The highest BCUT2D eigenvalue weighted by Crippen LogP contribution is 2.32. The SMILES string of the molecule is CCN1CC=C(NNC(=O)c2ccc3c(c2)OCO3)CC1. The van der Waals surface area contributed by atoms with Crippen LogP contribution in [0, 0.1) is 0 Å². The minimum absolute atomic E-state index is 0.188. The number of fused-ring (bicyclic) bond motifs is 1. The predicted octanol–water partition coefficient (Wildman–Crippen LogP) is 1.26. The number of hydrazine groups is 1. The molecule has 2 heterocycles. The maximum absolute atomic E-state index is 12.1. The van der Waals surface area contributed by atoms with Gasteiger partial charge < -0.3 is 14.9 Å². The van der Waals surface area contributed by atoms with E-state index in [-0.39, 0.29) is 12.7 Å². The third-order valence-electron chi connectivity index (χ3n) is 3.71. The van der Waals surface area contributed by atoms with Gasteiger partial charge >= 0.3 is 0 Å². The van der Waals surface area contributed by atoms with E-state index in [2.05, 4.69) is 28.8 Å². The summed E-state index contributed by atoms with van der Waals surface area (Å²) in [5, 5.41) is 0. The molecule has 0 radical (unpaired) electrons. The maximum Gasteiger partial charge on any atom is 0.269 e. The van der Waals surface area contributed by atoms with E-state index in [1.807, 2.05) is 0 Å². The number of nitrogens with zero attached hydrogens (tertiary/aromatic N) is 1. The number of rotatable bonds is 4. The topological polar surface area (TPSA) is 62.8 Å². The van der Waals surface area contributed by atoms with E-state index in [9.17, 15) is 4.79 Å². The third-order valence-corrected chi connectivity index (χ3v) is 3.71. The molecule has 6 heteroatoms. The highest BCUT2D eigenvalue weighted by molar-refractivity contribution is 5.94. The van der Waals surface area contributed by atoms with Gasteiger partial charge in [-0.2, -0.15) is 0 Å². The van der Waals surface area contributed by atoms with Gasteiger partial charge in [-0.1, -0.05) is 6.92 Å². The Balaban J connectivity index is 1.56. The molecule has 0 aliphatic carbocycles. The lowest BCUT2D eigenvalue weighted by atomic mass is 10.2. The molecule has 0 bridgehead atoms. The van der Waals surface area contributed by atoms with E-state index in [1.165, 1.54) is 0 Å². The zero-order valence-electron chi connectivity index (χ0n) is 12.0. The second-order valence-corrected chi connectivity index (χ2v) is 5.02. The van der Waals surface area contributed by atoms with Crippen LogP contribution in [0.2, 0.25) is 0 Å². The summed E-state index contributed by atoms with van der Waals surface area (Å²) in [4.78, 5) is 14.4. The lowest BCUT2D eigenvalue weighted by Crippen LogP contribution is -2.40. The first-order chi connectivity index (χ1) is 10.3. The Morgan fingerprint density at radius 2 is 2.19 bits per heavy atom. The molecule has 3 rings (SSSR count). The summed E-state index contributed by atoms with van der Waals surface area (Å²) < 4.78 is 10.5. The van der Waals surface area contributed by atoms with E-state index in [0.29, 0.717) is 17.1 Å². The van der Waals surface area contributed by atoms with Crippen molar-refractivity contribution in [2.75, 3.05) is 26.4 Å². The molecule has 21 heavy (non-hydrogen) atoms. The lowest BCUT2D eigenvalue weighted by molar-refractivity contribution is 0.0937. The largest absolute Gasteiger partial charge is 0.454 e. The second-order valence-electron chi connectivity index (χ2n) is 5.02. The molecule has 0 spiro atoms. The Morgan fingerprint density at radius 1 is 1.33 bits per heavy atom. The highest BCUT2D eigenvalue weighted by atomic mass is 16.7. The average Bonchev–Trinajstić information content (AvgIpc) is 3.00. The van der Waals surface area contributed by atoms with Gasteiger partial charge in [-0.3, -0.25) is 15.1 Å². The highest BCUT2D eigenvalue weighted by Gasteiger charge is 2.16. The zero-order valence-corrected chi connectivity index (χ0v) is 12.0. The normalized spacial score (nSPS) is 17.3. The summed E-state index contributed by atoms with van der Waals surface area (Å²) in [5.41, 5.74) is 7.31. The average molecular weight is 289 g/mol. The Labute approximate surface area is 123 Å². The van der Waals surface area contributed by atoms with Crippen LogP contribution < -0.4 is 20.3 Å². The molecule has 1 aromatic rings.